The molecule has 5 nitrogen and oxygen atoms in total. The normalized spacial score (nSPS) is 10.7. The lowest BCUT2D eigenvalue weighted by Crippen LogP contribution is -2.04. The van der Waals surface area contributed by atoms with Crippen molar-refractivity contribution in [2.24, 2.45) is 0 Å². The molecule has 0 spiro atoms. The van der Waals surface area contributed by atoms with Gasteiger partial charge in [-0.2, -0.15) is 4.98 Å². The van der Waals surface area contributed by atoms with E-state index in [0.717, 1.165) is 10.8 Å². The number of halogens is 1. The summed E-state index contributed by atoms with van der Waals surface area (Å²) in [6.45, 7) is 0. The quantitative estimate of drug-likeness (QED) is 0.550. The van der Waals surface area contributed by atoms with Crippen LogP contribution in [0.25, 0.3) is 10.8 Å². The highest BCUT2D eigenvalue weighted by atomic mass is 19.1. The summed E-state index contributed by atoms with van der Waals surface area (Å²) >= 11 is 0. The first-order chi connectivity index (χ1) is 12.7. The smallest absolute Gasteiger partial charge is 0.248 e. The molecule has 0 saturated carbocycles. The number of nitrogen functional groups attached to an aromatic ring is 1. The van der Waals surface area contributed by atoms with Crippen molar-refractivity contribution >= 4 is 28.0 Å². The number of para-hydroxylation sites is 1. The summed E-state index contributed by atoms with van der Waals surface area (Å²) in [6.07, 6.45) is 1.32. The monoisotopic (exact) mass is 346 g/mol. The summed E-state index contributed by atoms with van der Waals surface area (Å²) in [5, 5.41) is 5.02. The zero-order valence-electron chi connectivity index (χ0n) is 13.7. The minimum atomic E-state index is -0.400. The fourth-order valence-electron chi connectivity index (χ4n) is 2.59. The van der Waals surface area contributed by atoms with Gasteiger partial charge in [0.05, 0.1) is 5.69 Å². The average Bonchev–Trinajstić information content (AvgIpc) is 2.66. The van der Waals surface area contributed by atoms with Crippen LogP contribution >= 0.6 is 0 Å². The molecule has 0 amide bonds. The second-order valence-electron chi connectivity index (χ2n) is 5.66. The number of rotatable bonds is 4. The van der Waals surface area contributed by atoms with Crippen molar-refractivity contribution in [3.63, 3.8) is 0 Å². The van der Waals surface area contributed by atoms with Crippen molar-refractivity contribution in [1.82, 2.24) is 9.97 Å². The van der Waals surface area contributed by atoms with E-state index in [1.165, 1.54) is 12.4 Å². The molecule has 0 aliphatic heterocycles. The van der Waals surface area contributed by atoms with E-state index in [0.29, 0.717) is 5.75 Å². The summed E-state index contributed by atoms with van der Waals surface area (Å²) < 4.78 is 19.6. The Morgan fingerprint density at radius 1 is 0.885 bits per heavy atom. The molecule has 3 aromatic carbocycles. The summed E-state index contributed by atoms with van der Waals surface area (Å²) in [7, 11) is 0. The fraction of sp³-hybridized carbons (Fsp3) is 0. The Bertz CT molecular complexity index is 1080. The number of ether oxygens (including phenoxy) is 1. The van der Waals surface area contributed by atoms with E-state index in [-0.39, 0.29) is 23.1 Å². The lowest BCUT2D eigenvalue weighted by molar-refractivity contribution is 0.465. The summed E-state index contributed by atoms with van der Waals surface area (Å²) in [5.41, 5.74) is 6.58. The van der Waals surface area contributed by atoms with Crippen LogP contribution in [0.4, 0.5) is 21.6 Å². The molecular formula is C20H15FN4O. The van der Waals surface area contributed by atoms with Gasteiger partial charge in [0.25, 0.3) is 0 Å². The van der Waals surface area contributed by atoms with Crippen LogP contribution in [0.1, 0.15) is 0 Å². The second-order valence-corrected chi connectivity index (χ2v) is 5.66. The Labute approximate surface area is 149 Å². The topological polar surface area (TPSA) is 73.1 Å². The Balaban J connectivity index is 1.63. The van der Waals surface area contributed by atoms with Crippen LogP contribution in [0, 0.1) is 5.82 Å². The molecule has 0 atom stereocenters. The molecule has 4 rings (SSSR count). The number of hydrogen-bond acceptors (Lipinski definition) is 5. The van der Waals surface area contributed by atoms with Crippen molar-refractivity contribution in [2.45, 2.75) is 0 Å². The van der Waals surface area contributed by atoms with Crippen molar-refractivity contribution < 1.29 is 9.13 Å². The standard InChI is InChI=1S/C20H15FN4O/c21-16-7-3-4-8-17(16)25-19-18(22)20(24-12-23-19)26-15-10-9-13-5-1-2-6-14(13)11-15/h1-12H,22H2,(H,23,24,25). The van der Waals surface area contributed by atoms with Gasteiger partial charge in [-0.3, -0.25) is 0 Å². The first kappa shape index (κ1) is 15.8. The summed E-state index contributed by atoms with van der Waals surface area (Å²) in [4.78, 5) is 8.16. The predicted molar refractivity (Wildman–Crippen MR) is 100 cm³/mol. The van der Waals surface area contributed by atoms with Gasteiger partial charge in [-0.1, -0.05) is 42.5 Å². The van der Waals surface area contributed by atoms with Crippen molar-refractivity contribution in [3.8, 4) is 11.6 Å². The second kappa shape index (κ2) is 6.68. The number of fused-ring (bicyclic) bond motifs is 1. The number of nitrogens with one attached hydrogen (secondary N) is 1. The van der Waals surface area contributed by atoms with Crippen molar-refractivity contribution in [2.75, 3.05) is 11.1 Å². The molecule has 0 saturated heterocycles. The van der Waals surface area contributed by atoms with Crippen molar-refractivity contribution in [3.05, 3.63) is 78.9 Å². The molecule has 26 heavy (non-hydrogen) atoms. The Kier molecular flexibility index (Phi) is 4.07. The third-order valence-electron chi connectivity index (χ3n) is 3.91. The highest BCUT2D eigenvalue weighted by Gasteiger charge is 2.12. The van der Waals surface area contributed by atoms with Crippen LogP contribution < -0.4 is 15.8 Å². The molecule has 0 unspecified atom stereocenters. The van der Waals surface area contributed by atoms with E-state index in [9.17, 15) is 4.39 Å². The summed E-state index contributed by atoms with van der Waals surface area (Å²) in [6, 6.07) is 19.9. The van der Waals surface area contributed by atoms with Gasteiger partial charge in [0, 0.05) is 0 Å². The molecule has 0 bridgehead atoms. The van der Waals surface area contributed by atoms with E-state index < -0.39 is 5.82 Å². The minimum absolute atomic E-state index is 0.198. The van der Waals surface area contributed by atoms with Crippen LogP contribution in [0.3, 0.4) is 0 Å². The number of anilines is 3. The fourth-order valence-corrected chi connectivity index (χ4v) is 2.59. The van der Waals surface area contributed by atoms with Gasteiger partial charge >= 0.3 is 0 Å². The molecule has 1 aromatic heterocycles. The maximum absolute atomic E-state index is 13.8. The van der Waals surface area contributed by atoms with Gasteiger partial charge in [0.2, 0.25) is 5.88 Å². The molecule has 128 valence electrons. The maximum Gasteiger partial charge on any atom is 0.248 e. The largest absolute Gasteiger partial charge is 0.437 e. The van der Waals surface area contributed by atoms with Crippen LogP contribution in [-0.2, 0) is 0 Å². The zero-order valence-corrected chi connectivity index (χ0v) is 13.7. The third kappa shape index (κ3) is 3.12. The van der Waals surface area contributed by atoms with Gasteiger partial charge in [0.15, 0.2) is 5.82 Å². The summed E-state index contributed by atoms with van der Waals surface area (Å²) in [5.74, 6) is 0.684. The predicted octanol–water partition coefficient (Wildman–Crippen LogP) is 4.89. The highest BCUT2D eigenvalue weighted by Crippen LogP contribution is 2.32. The average molecular weight is 346 g/mol. The van der Waals surface area contributed by atoms with Gasteiger partial charge in [-0.15, -0.1) is 0 Å². The maximum atomic E-state index is 13.8. The Morgan fingerprint density at radius 2 is 1.65 bits per heavy atom. The van der Waals surface area contributed by atoms with Gasteiger partial charge in [0.1, 0.15) is 23.6 Å². The third-order valence-corrected chi connectivity index (χ3v) is 3.91. The highest BCUT2D eigenvalue weighted by molar-refractivity contribution is 5.84. The van der Waals surface area contributed by atoms with Crippen LogP contribution in [-0.4, -0.2) is 9.97 Å². The molecule has 4 aromatic rings. The molecular weight excluding hydrogens is 331 g/mol. The van der Waals surface area contributed by atoms with Crippen molar-refractivity contribution in [1.29, 1.82) is 0 Å². The van der Waals surface area contributed by atoms with Crippen LogP contribution in [0.5, 0.6) is 11.6 Å². The number of nitrogens with zero attached hydrogens (tertiary/aromatic N) is 2. The van der Waals surface area contributed by atoms with E-state index in [1.807, 2.05) is 42.5 Å². The zero-order chi connectivity index (χ0) is 17.9. The van der Waals surface area contributed by atoms with Gasteiger partial charge < -0.3 is 15.8 Å². The Morgan fingerprint density at radius 3 is 2.50 bits per heavy atom. The lowest BCUT2D eigenvalue weighted by Gasteiger charge is -2.12. The van der Waals surface area contributed by atoms with Gasteiger partial charge in [-0.05, 0) is 35.0 Å². The van der Waals surface area contributed by atoms with E-state index in [2.05, 4.69) is 15.3 Å². The van der Waals surface area contributed by atoms with Crippen LogP contribution in [0.2, 0.25) is 0 Å². The van der Waals surface area contributed by atoms with E-state index in [4.69, 9.17) is 10.5 Å². The molecule has 0 aliphatic rings. The molecule has 0 radical (unpaired) electrons. The lowest BCUT2D eigenvalue weighted by atomic mass is 10.1. The molecule has 3 N–H and O–H groups in total. The van der Waals surface area contributed by atoms with E-state index in [1.54, 1.807) is 18.2 Å². The molecule has 1 heterocycles. The molecule has 0 fully saturated rings. The minimum Gasteiger partial charge on any atom is -0.437 e. The van der Waals surface area contributed by atoms with E-state index >= 15 is 0 Å². The number of benzene rings is 3. The number of hydrogen-bond donors (Lipinski definition) is 2. The number of nitrogens with two attached hydrogens (primary N) is 1. The molecule has 0 aliphatic carbocycles. The molecule has 6 heteroatoms. The van der Waals surface area contributed by atoms with Crippen LogP contribution in [0.15, 0.2) is 73.1 Å². The SMILES string of the molecule is Nc1c(Nc2ccccc2F)ncnc1Oc1ccc2ccccc2c1. The van der Waals surface area contributed by atoms with Gasteiger partial charge in [-0.25, -0.2) is 9.37 Å². The number of aromatic nitrogens is 2. The first-order valence-electron chi connectivity index (χ1n) is 7.99. The Hall–Kier alpha value is -3.67. The first-order valence-corrected chi connectivity index (χ1v) is 7.99.